The number of urea groups is 1. The standard InChI is InChI=1S/C11H19N3O5/c1-19-6-3-8(10(16)17)13-11(18)14-5-2-4-12-9(15)7-14/h8H,2-7H2,1H3,(H,12,15)(H,13,18)(H,16,17). The van der Waals surface area contributed by atoms with Gasteiger partial charge in [-0.3, -0.25) is 4.79 Å². The second-order valence-corrected chi connectivity index (χ2v) is 4.25. The average Bonchev–Trinajstić information content (AvgIpc) is 2.58. The van der Waals surface area contributed by atoms with Crippen molar-refractivity contribution in [1.29, 1.82) is 0 Å². The normalized spacial score (nSPS) is 17.3. The topological polar surface area (TPSA) is 108 Å². The zero-order valence-corrected chi connectivity index (χ0v) is 10.8. The van der Waals surface area contributed by atoms with Crippen LogP contribution < -0.4 is 10.6 Å². The summed E-state index contributed by atoms with van der Waals surface area (Å²) in [4.78, 5) is 35.5. The quantitative estimate of drug-likeness (QED) is 0.596. The molecule has 3 N–H and O–H groups in total. The summed E-state index contributed by atoms with van der Waals surface area (Å²) in [5.74, 6) is -1.36. The van der Waals surface area contributed by atoms with Crippen LogP contribution in [-0.4, -0.2) is 67.3 Å². The van der Waals surface area contributed by atoms with Crippen LogP contribution in [0.4, 0.5) is 4.79 Å². The van der Waals surface area contributed by atoms with Crippen molar-refractivity contribution in [2.45, 2.75) is 18.9 Å². The number of ether oxygens (including phenoxy) is 1. The van der Waals surface area contributed by atoms with E-state index in [1.165, 1.54) is 12.0 Å². The molecule has 0 aromatic heterocycles. The van der Waals surface area contributed by atoms with Gasteiger partial charge in [-0.05, 0) is 6.42 Å². The molecule has 0 radical (unpaired) electrons. The first-order valence-electron chi connectivity index (χ1n) is 6.08. The molecule has 0 saturated carbocycles. The van der Waals surface area contributed by atoms with Gasteiger partial charge in [0.05, 0.1) is 0 Å². The summed E-state index contributed by atoms with van der Waals surface area (Å²) in [7, 11) is 1.46. The molecule has 0 bridgehead atoms. The second-order valence-electron chi connectivity index (χ2n) is 4.25. The lowest BCUT2D eigenvalue weighted by Gasteiger charge is -2.22. The molecule has 1 aliphatic heterocycles. The third-order valence-electron chi connectivity index (χ3n) is 2.76. The summed E-state index contributed by atoms with van der Waals surface area (Å²) in [5.41, 5.74) is 0. The number of hydrogen-bond acceptors (Lipinski definition) is 4. The van der Waals surface area contributed by atoms with Gasteiger partial charge in [0.25, 0.3) is 0 Å². The van der Waals surface area contributed by atoms with Crippen LogP contribution in [0, 0.1) is 0 Å². The number of hydrogen-bond donors (Lipinski definition) is 3. The highest BCUT2D eigenvalue weighted by atomic mass is 16.5. The van der Waals surface area contributed by atoms with E-state index in [2.05, 4.69) is 10.6 Å². The summed E-state index contributed by atoms with van der Waals surface area (Å²) in [5, 5.41) is 14.0. The van der Waals surface area contributed by atoms with E-state index in [0.29, 0.717) is 19.5 Å². The maximum atomic E-state index is 11.9. The molecular formula is C11H19N3O5. The smallest absolute Gasteiger partial charge is 0.326 e. The minimum Gasteiger partial charge on any atom is -0.480 e. The van der Waals surface area contributed by atoms with E-state index in [-0.39, 0.29) is 25.5 Å². The van der Waals surface area contributed by atoms with Crippen molar-refractivity contribution in [1.82, 2.24) is 15.5 Å². The Morgan fingerprint density at radius 2 is 2.32 bits per heavy atom. The van der Waals surface area contributed by atoms with Crippen LogP contribution in [0.1, 0.15) is 12.8 Å². The predicted octanol–water partition coefficient (Wildman–Crippen LogP) is -0.992. The average molecular weight is 273 g/mol. The molecule has 1 unspecified atom stereocenters. The highest BCUT2D eigenvalue weighted by molar-refractivity contribution is 5.86. The molecule has 19 heavy (non-hydrogen) atoms. The monoisotopic (exact) mass is 273 g/mol. The lowest BCUT2D eigenvalue weighted by atomic mass is 10.2. The number of carboxylic acid groups (broad SMARTS) is 1. The minimum atomic E-state index is -1.12. The molecule has 108 valence electrons. The minimum absolute atomic E-state index is 0.0531. The molecule has 8 heteroatoms. The Balaban J connectivity index is 2.54. The number of nitrogens with one attached hydrogen (secondary N) is 2. The first-order valence-corrected chi connectivity index (χ1v) is 6.08. The molecule has 1 atom stereocenters. The molecule has 0 spiro atoms. The summed E-state index contributed by atoms with van der Waals surface area (Å²) >= 11 is 0. The summed E-state index contributed by atoms with van der Waals surface area (Å²) < 4.78 is 4.79. The Morgan fingerprint density at radius 1 is 1.58 bits per heavy atom. The van der Waals surface area contributed by atoms with Gasteiger partial charge in [0.2, 0.25) is 5.91 Å². The molecular weight excluding hydrogens is 254 g/mol. The van der Waals surface area contributed by atoms with Crippen LogP contribution >= 0.6 is 0 Å². The fourth-order valence-electron chi connectivity index (χ4n) is 1.71. The van der Waals surface area contributed by atoms with E-state index in [1.54, 1.807) is 0 Å². The van der Waals surface area contributed by atoms with E-state index in [4.69, 9.17) is 9.84 Å². The number of carboxylic acids is 1. The van der Waals surface area contributed by atoms with E-state index >= 15 is 0 Å². The predicted molar refractivity (Wildman–Crippen MR) is 65.6 cm³/mol. The van der Waals surface area contributed by atoms with Gasteiger partial charge < -0.3 is 25.4 Å². The van der Waals surface area contributed by atoms with E-state index in [9.17, 15) is 14.4 Å². The molecule has 1 saturated heterocycles. The van der Waals surface area contributed by atoms with Gasteiger partial charge >= 0.3 is 12.0 Å². The summed E-state index contributed by atoms with van der Waals surface area (Å²) in [6, 6.07) is -1.56. The Hall–Kier alpha value is -1.83. The summed E-state index contributed by atoms with van der Waals surface area (Å²) in [6.07, 6.45) is 0.826. The maximum Gasteiger partial charge on any atom is 0.326 e. The van der Waals surface area contributed by atoms with Crippen molar-refractivity contribution in [3.05, 3.63) is 0 Å². The molecule has 1 rings (SSSR count). The molecule has 8 nitrogen and oxygen atoms in total. The van der Waals surface area contributed by atoms with Crippen molar-refractivity contribution < 1.29 is 24.2 Å². The van der Waals surface area contributed by atoms with E-state index in [1.807, 2.05) is 0 Å². The number of amides is 3. The lowest BCUT2D eigenvalue weighted by Crippen LogP contribution is -2.49. The van der Waals surface area contributed by atoms with Crippen LogP contribution in [-0.2, 0) is 14.3 Å². The molecule has 0 aromatic carbocycles. The maximum absolute atomic E-state index is 11.9. The molecule has 1 aliphatic rings. The number of rotatable bonds is 5. The number of carbonyl (C=O) groups excluding carboxylic acids is 2. The van der Waals surface area contributed by atoms with Crippen molar-refractivity contribution in [3.8, 4) is 0 Å². The Morgan fingerprint density at radius 3 is 2.95 bits per heavy atom. The first kappa shape index (κ1) is 15.2. The largest absolute Gasteiger partial charge is 0.480 e. The van der Waals surface area contributed by atoms with E-state index in [0.717, 1.165) is 0 Å². The highest BCUT2D eigenvalue weighted by Crippen LogP contribution is 2.00. The van der Waals surface area contributed by atoms with Gasteiger partial charge in [-0.2, -0.15) is 0 Å². The number of methoxy groups -OCH3 is 1. The third kappa shape index (κ3) is 5.12. The highest BCUT2D eigenvalue weighted by Gasteiger charge is 2.25. The third-order valence-corrected chi connectivity index (χ3v) is 2.76. The molecule has 0 aromatic rings. The zero-order chi connectivity index (χ0) is 14.3. The number of nitrogens with zero attached hydrogens (tertiary/aromatic N) is 1. The van der Waals surface area contributed by atoms with Gasteiger partial charge in [0.1, 0.15) is 12.6 Å². The first-order chi connectivity index (χ1) is 9.04. The second kappa shape index (κ2) is 7.57. The van der Waals surface area contributed by atoms with Gasteiger partial charge in [0.15, 0.2) is 0 Å². The molecule has 1 fully saturated rings. The van der Waals surface area contributed by atoms with Crippen LogP contribution in [0.3, 0.4) is 0 Å². The fraction of sp³-hybridized carbons (Fsp3) is 0.727. The van der Waals surface area contributed by atoms with Crippen LogP contribution in [0.2, 0.25) is 0 Å². The van der Waals surface area contributed by atoms with Gasteiger partial charge in [-0.1, -0.05) is 0 Å². The number of carbonyl (C=O) groups is 3. The fourth-order valence-corrected chi connectivity index (χ4v) is 1.71. The van der Waals surface area contributed by atoms with Crippen molar-refractivity contribution >= 4 is 17.9 Å². The SMILES string of the molecule is COCCC(NC(=O)N1CCCNC(=O)C1)C(=O)O. The molecule has 0 aliphatic carbocycles. The molecule has 3 amide bonds. The summed E-state index contributed by atoms with van der Waals surface area (Å²) in [6.45, 7) is 1.12. The Kier molecular flexibility index (Phi) is 6.07. The Bertz CT molecular complexity index is 347. The molecule has 1 heterocycles. The van der Waals surface area contributed by atoms with Gasteiger partial charge in [-0.25, -0.2) is 9.59 Å². The van der Waals surface area contributed by atoms with Crippen LogP contribution in [0.25, 0.3) is 0 Å². The zero-order valence-electron chi connectivity index (χ0n) is 10.8. The van der Waals surface area contributed by atoms with Crippen molar-refractivity contribution in [3.63, 3.8) is 0 Å². The van der Waals surface area contributed by atoms with Gasteiger partial charge in [-0.15, -0.1) is 0 Å². The van der Waals surface area contributed by atoms with Crippen LogP contribution in [0.5, 0.6) is 0 Å². The lowest BCUT2D eigenvalue weighted by molar-refractivity contribution is -0.139. The number of aliphatic carboxylic acids is 1. The Labute approximate surface area is 111 Å². The van der Waals surface area contributed by atoms with Gasteiger partial charge in [0, 0.05) is 33.2 Å². The van der Waals surface area contributed by atoms with Crippen molar-refractivity contribution in [2.24, 2.45) is 0 Å². The van der Waals surface area contributed by atoms with Crippen LogP contribution in [0.15, 0.2) is 0 Å². The van der Waals surface area contributed by atoms with Crippen molar-refractivity contribution in [2.75, 3.05) is 33.4 Å². The van der Waals surface area contributed by atoms with E-state index < -0.39 is 18.0 Å².